The molecule has 1 amide bonds. The number of non-ortho nitro benzene ring substituents is 1. The molecule has 0 radical (unpaired) electrons. The highest BCUT2D eigenvalue weighted by Gasteiger charge is 2.32. The second kappa shape index (κ2) is 5.86. The Morgan fingerprint density at radius 3 is 2.90 bits per heavy atom. The first-order valence-corrected chi connectivity index (χ1v) is 6.72. The van der Waals surface area contributed by atoms with Gasteiger partial charge in [0.2, 0.25) is 0 Å². The Kier molecular flexibility index (Phi) is 4.36. The lowest BCUT2D eigenvalue weighted by Crippen LogP contribution is -2.43. The maximum atomic E-state index is 12.0. The Balaban J connectivity index is 2.07. The minimum atomic E-state index is -1.06. The van der Waals surface area contributed by atoms with Gasteiger partial charge in [-0.05, 0) is 6.07 Å². The molecular weight excluding hydrogens is 332 g/mol. The van der Waals surface area contributed by atoms with Gasteiger partial charge in [-0.3, -0.25) is 14.9 Å². The molecule has 2 N–H and O–H groups in total. The predicted molar refractivity (Wildman–Crippen MR) is 73.5 cm³/mol. The average Bonchev–Trinajstić information content (AvgIpc) is 2.82. The average molecular weight is 345 g/mol. The first-order chi connectivity index (χ1) is 9.39. The number of nitro benzene ring substituents is 1. The van der Waals surface area contributed by atoms with Gasteiger partial charge < -0.3 is 15.2 Å². The number of rotatable bonds is 4. The summed E-state index contributed by atoms with van der Waals surface area (Å²) in [6.07, 6.45) is 0.450. The molecule has 0 aliphatic carbocycles. The summed E-state index contributed by atoms with van der Waals surface area (Å²) in [4.78, 5) is 22.1. The maximum Gasteiger partial charge on any atom is 0.271 e. The molecule has 0 aromatic heterocycles. The van der Waals surface area contributed by atoms with Crippen molar-refractivity contribution in [3.05, 3.63) is 38.3 Å². The first-order valence-electron chi connectivity index (χ1n) is 5.93. The molecule has 1 aliphatic rings. The largest absolute Gasteiger partial charge is 0.386 e. The van der Waals surface area contributed by atoms with E-state index >= 15 is 0 Å². The molecule has 1 heterocycles. The topological polar surface area (TPSA) is 102 Å². The van der Waals surface area contributed by atoms with Gasteiger partial charge in [0.15, 0.2) is 0 Å². The van der Waals surface area contributed by atoms with Crippen LogP contribution in [0.4, 0.5) is 5.69 Å². The standard InChI is InChI=1S/C12H13BrN2O5/c13-9-3-8(4-10(5-9)15(18)19)11(16)14-6-12(17)1-2-20-7-12/h3-5,17H,1-2,6-7H2,(H,14,16). The number of carbonyl (C=O) groups is 1. The molecule has 2 rings (SSSR count). The number of ether oxygens (including phenoxy) is 1. The third-order valence-electron chi connectivity index (χ3n) is 3.02. The number of amides is 1. The summed E-state index contributed by atoms with van der Waals surface area (Å²) in [6.45, 7) is 0.673. The number of aliphatic hydroxyl groups is 1. The Bertz CT molecular complexity index is 543. The SMILES string of the molecule is O=C(NCC1(O)CCOC1)c1cc(Br)cc([N+](=O)[O-])c1. The van der Waals surface area contributed by atoms with Gasteiger partial charge in [0, 0.05) is 41.7 Å². The van der Waals surface area contributed by atoms with Crippen LogP contribution >= 0.6 is 15.9 Å². The Morgan fingerprint density at radius 2 is 2.30 bits per heavy atom. The second-order valence-electron chi connectivity index (χ2n) is 4.66. The minimum Gasteiger partial charge on any atom is -0.386 e. The zero-order valence-corrected chi connectivity index (χ0v) is 12.1. The zero-order chi connectivity index (χ0) is 14.8. The van der Waals surface area contributed by atoms with Crippen LogP contribution < -0.4 is 5.32 Å². The van der Waals surface area contributed by atoms with Gasteiger partial charge >= 0.3 is 0 Å². The van der Waals surface area contributed by atoms with Crippen LogP contribution in [0.5, 0.6) is 0 Å². The lowest BCUT2D eigenvalue weighted by Gasteiger charge is -2.20. The highest BCUT2D eigenvalue weighted by molar-refractivity contribution is 9.10. The number of carbonyl (C=O) groups excluding carboxylic acids is 1. The number of benzene rings is 1. The molecule has 7 nitrogen and oxygen atoms in total. The summed E-state index contributed by atoms with van der Waals surface area (Å²) in [5.74, 6) is -0.477. The number of nitrogens with one attached hydrogen (secondary N) is 1. The third-order valence-corrected chi connectivity index (χ3v) is 3.47. The van der Waals surface area contributed by atoms with E-state index in [0.717, 1.165) is 0 Å². The molecule has 1 aliphatic heterocycles. The molecule has 1 atom stereocenters. The Morgan fingerprint density at radius 1 is 1.55 bits per heavy atom. The van der Waals surface area contributed by atoms with Crippen molar-refractivity contribution in [3.8, 4) is 0 Å². The predicted octanol–water partition coefficient (Wildman–Crippen LogP) is 1.24. The van der Waals surface area contributed by atoms with Crippen molar-refractivity contribution in [1.29, 1.82) is 0 Å². The van der Waals surface area contributed by atoms with Crippen LogP contribution in [-0.2, 0) is 4.74 Å². The normalized spacial score (nSPS) is 21.7. The highest BCUT2D eigenvalue weighted by Crippen LogP contribution is 2.22. The first kappa shape index (κ1) is 14.9. The minimum absolute atomic E-state index is 0.0478. The van der Waals surface area contributed by atoms with E-state index in [4.69, 9.17) is 4.74 Å². The molecule has 1 aromatic rings. The van der Waals surface area contributed by atoms with Crippen LogP contribution in [0.15, 0.2) is 22.7 Å². The quantitative estimate of drug-likeness (QED) is 0.631. The van der Waals surface area contributed by atoms with Crippen LogP contribution in [0.2, 0.25) is 0 Å². The fraction of sp³-hybridized carbons (Fsp3) is 0.417. The fourth-order valence-electron chi connectivity index (χ4n) is 1.89. The van der Waals surface area contributed by atoms with Crippen LogP contribution in [0.1, 0.15) is 16.8 Å². The van der Waals surface area contributed by atoms with Gasteiger partial charge in [-0.25, -0.2) is 0 Å². The van der Waals surface area contributed by atoms with Crippen molar-refractivity contribution in [2.75, 3.05) is 19.8 Å². The summed E-state index contributed by atoms with van der Waals surface area (Å²) in [5, 5.41) is 23.3. The van der Waals surface area contributed by atoms with Crippen molar-refractivity contribution in [2.45, 2.75) is 12.0 Å². The summed E-state index contributed by atoms with van der Waals surface area (Å²) < 4.78 is 5.51. The number of halogens is 1. The molecule has 1 saturated heterocycles. The molecule has 1 aromatic carbocycles. The fourth-order valence-corrected chi connectivity index (χ4v) is 2.37. The van der Waals surface area contributed by atoms with E-state index in [2.05, 4.69) is 21.2 Å². The van der Waals surface area contributed by atoms with Crippen LogP contribution in [0.25, 0.3) is 0 Å². The van der Waals surface area contributed by atoms with Gasteiger partial charge in [0.25, 0.3) is 11.6 Å². The van der Waals surface area contributed by atoms with Crippen molar-refractivity contribution >= 4 is 27.5 Å². The Labute approximate surface area is 123 Å². The van der Waals surface area contributed by atoms with Gasteiger partial charge in [-0.1, -0.05) is 15.9 Å². The molecule has 0 bridgehead atoms. The summed E-state index contributed by atoms with van der Waals surface area (Å²) in [5.41, 5.74) is -1.07. The highest BCUT2D eigenvalue weighted by atomic mass is 79.9. The molecule has 8 heteroatoms. The van der Waals surface area contributed by atoms with Gasteiger partial charge in [0.1, 0.15) is 5.60 Å². The van der Waals surface area contributed by atoms with E-state index in [-0.39, 0.29) is 24.4 Å². The molecule has 108 valence electrons. The monoisotopic (exact) mass is 344 g/mol. The van der Waals surface area contributed by atoms with E-state index in [1.165, 1.54) is 18.2 Å². The number of hydrogen-bond donors (Lipinski definition) is 2. The van der Waals surface area contributed by atoms with E-state index in [1.54, 1.807) is 0 Å². The van der Waals surface area contributed by atoms with Gasteiger partial charge in [0.05, 0.1) is 11.5 Å². The summed E-state index contributed by atoms with van der Waals surface area (Å²) >= 11 is 3.12. The van der Waals surface area contributed by atoms with Crippen molar-refractivity contribution in [3.63, 3.8) is 0 Å². The Hall–Kier alpha value is -1.51. The summed E-state index contributed by atoms with van der Waals surface area (Å²) in [6, 6.07) is 3.99. The van der Waals surface area contributed by atoms with E-state index < -0.39 is 16.4 Å². The molecular formula is C12H13BrN2O5. The third kappa shape index (κ3) is 3.53. The van der Waals surface area contributed by atoms with Crippen molar-refractivity contribution in [2.24, 2.45) is 0 Å². The summed E-state index contributed by atoms with van der Waals surface area (Å²) in [7, 11) is 0. The molecule has 1 unspecified atom stereocenters. The lowest BCUT2D eigenvalue weighted by molar-refractivity contribution is -0.385. The lowest BCUT2D eigenvalue weighted by atomic mass is 10.0. The van der Waals surface area contributed by atoms with Crippen LogP contribution in [-0.4, -0.2) is 41.3 Å². The van der Waals surface area contributed by atoms with Crippen LogP contribution in [0.3, 0.4) is 0 Å². The number of nitrogens with zero attached hydrogens (tertiary/aromatic N) is 1. The van der Waals surface area contributed by atoms with Crippen molar-refractivity contribution in [1.82, 2.24) is 5.32 Å². The van der Waals surface area contributed by atoms with E-state index in [0.29, 0.717) is 17.5 Å². The molecule has 20 heavy (non-hydrogen) atoms. The van der Waals surface area contributed by atoms with E-state index in [1.807, 2.05) is 0 Å². The molecule has 1 fully saturated rings. The maximum absolute atomic E-state index is 12.0. The molecule has 0 saturated carbocycles. The number of nitro groups is 1. The van der Waals surface area contributed by atoms with E-state index in [9.17, 15) is 20.0 Å². The van der Waals surface area contributed by atoms with Gasteiger partial charge in [-0.15, -0.1) is 0 Å². The van der Waals surface area contributed by atoms with Gasteiger partial charge in [-0.2, -0.15) is 0 Å². The smallest absolute Gasteiger partial charge is 0.271 e. The second-order valence-corrected chi connectivity index (χ2v) is 5.58. The number of hydrogen-bond acceptors (Lipinski definition) is 5. The van der Waals surface area contributed by atoms with Crippen LogP contribution in [0, 0.1) is 10.1 Å². The molecule has 0 spiro atoms. The zero-order valence-electron chi connectivity index (χ0n) is 10.5. The van der Waals surface area contributed by atoms with Crippen molar-refractivity contribution < 1.29 is 19.6 Å².